The monoisotopic (exact) mass is 1930 g/mol. The van der Waals surface area contributed by atoms with E-state index in [1.807, 2.05) is 68.5 Å². The summed E-state index contributed by atoms with van der Waals surface area (Å²) in [6.07, 6.45) is -12.3. The van der Waals surface area contributed by atoms with Crippen LogP contribution in [0.3, 0.4) is 0 Å². The van der Waals surface area contributed by atoms with Gasteiger partial charge in [0.25, 0.3) is 0 Å². The minimum atomic E-state index is -2.89. The highest BCUT2D eigenvalue weighted by molar-refractivity contribution is 6.74. The molecule has 2 aromatic carbocycles. The highest BCUT2D eigenvalue weighted by Gasteiger charge is 2.83. The maximum Gasteiger partial charge on any atom is 0.408 e. The van der Waals surface area contributed by atoms with E-state index in [9.17, 15) is 49.2 Å². The molecule has 748 valence electrons. The molecule has 4 aliphatic heterocycles. The van der Waals surface area contributed by atoms with Crippen LogP contribution in [-0.4, -0.2) is 239 Å². The smallest absolute Gasteiger partial charge is 0.408 e. The Hall–Kier alpha value is -8.47. The van der Waals surface area contributed by atoms with Gasteiger partial charge in [0.2, 0.25) is 0 Å². The van der Waals surface area contributed by atoms with Crippen molar-refractivity contribution < 1.29 is 134 Å². The summed E-state index contributed by atoms with van der Waals surface area (Å²) in [5.41, 5.74) is -11.1. The van der Waals surface area contributed by atoms with Gasteiger partial charge in [0.05, 0.1) is 72.7 Å². The number of esters is 6. The van der Waals surface area contributed by atoms with Gasteiger partial charge in [-0.3, -0.25) is 19.6 Å². The number of aliphatic hydroxyl groups is 4. The number of rotatable bonds is 23. The fourth-order valence-corrected chi connectivity index (χ4v) is 27.4. The molecule has 34 heteroatoms. The van der Waals surface area contributed by atoms with E-state index in [4.69, 9.17) is 75.2 Å². The number of ether oxygens (including phenoxy) is 14. The molecule has 2 amide bonds. The fourth-order valence-electron chi connectivity index (χ4n) is 23.2. The van der Waals surface area contributed by atoms with Crippen LogP contribution in [0.1, 0.15) is 250 Å². The SMILES string of the molecule is CC(=O)O[C@@]12CO[C@@H]1C[C@H](O)[C@@]1(C)[C@@H]3OC(C)(C)O[C@@H]3C3=C(C)[C@@H](OC(=O)C(O)C(NC(=O)OC(C)(C)C)c4ccncc4)C[C@@](O)([C@@H](OC(=O)c4ccccc4)[C@H]21)C3(C)C.CC[Si](CC)(CC)O[C@H]1C[C@H]2OC[C@@]2(OC(C)=O)[C@H]2[C@H](OC(=O)c3ccccc3)[C@]3(O)C[C@H](OC(=O)C(O[Si](C)(C)C(C)(C)C)C(NC(=O)OC(C)(C)C)c4ccncc4)C(C)=C([C@H]4OC(C)(C)O[C@H]4[C@]12C)C3(C)C. The number of hydrogen-bond acceptors (Lipinski definition) is 30. The summed E-state index contributed by atoms with van der Waals surface area (Å²) < 4.78 is 106. The molecule has 14 rings (SSSR count). The molecule has 0 spiro atoms. The number of nitrogens with zero attached hydrogens (tertiary/aromatic N) is 2. The summed E-state index contributed by atoms with van der Waals surface area (Å²) in [4.78, 5) is 121. The number of aliphatic hydroxyl groups excluding tert-OH is 2. The molecule has 24 atom stereocenters. The number of nitrogens with one attached hydrogen (secondary N) is 2. The highest BCUT2D eigenvalue weighted by Crippen LogP contribution is 2.71. The number of alkyl carbamates (subject to hydrolysis) is 2. The van der Waals surface area contributed by atoms with Gasteiger partial charge in [0, 0.05) is 86.0 Å². The minimum absolute atomic E-state index is 0.0284. The molecule has 32 nitrogen and oxygen atoms in total. The zero-order valence-electron chi connectivity index (χ0n) is 84.1. The molecule has 136 heavy (non-hydrogen) atoms. The van der Waals surface area contributed by atoms with Gasteiger partial charge < -0.3 is 106 Å². The quantitative estimate of drug-likeness (QED) is 0.0174. The maximum absolute atomic E-state index is 15.7. The Labute approximate surface area is 800 Å². The number of carbonyl (C=O) groups is 8. The van der Waals surface area contributed by atoms with Crippen molar-refractivity contribution in [2.24, 2.45) is 33.5 Å². The fraction of sp³-hybridized carbons (Fsp3) is 0.667. The molecule has 2 aromatic heterocycles. The summed E-state index contributed by atoms with van der Waals surface area (Å²) >= 11 is 0. The van der Waals surface area contributed by atoms with Crippen LogP contribution in [0.4, 0.5) is 9.59 Å². The molecule has 6 heterocycles. The van der Waals surface area contributed by atoms with Crippen molar-refractivity contribution in [3.05, 3.63) is 154 Å². The van der Waals surface area contributed by atoms with Crippen LogP contribution in [0.2, 0.25) is 36.3 Å². The van der Waals surface area contributed by atoms with Crippen molar-refractivity contribution in [3.8, 4) is 0 Å². The Morgan fingerprint density at radius 2 is 0.904 bits per heavy atom. The molecular formula is C102H144N4O28Si2. The van der Waals surface area contributed by atoms with E-state index in [1.54, 1.807) is 168 Å². The Balaban J connectivity index is 0.000000235. The van der Waals surface area contributed by atoms with Gasteiger partial charge in [-0.15, -0.1) is 0 Å². The summed E-state index contributed by atoms with van der Waals surface area (Å²) in [6, 6.07) is 23.2. The second kappa shape index (κ2) is 37.5. The van der Waals surface area contributed by atoms with Crippen molar-refractivity contribution in [2.45, 2.75) is 385 Å². The van der Waals surface area contributed by atoms with Gasteiger partial charge in [-0.25, -0.2) is 28.8 Å². The third-order valence-corrected chi connectivity index (χ3v) is 40.5. The van der Waals surface area contributed by atoms with E-state index in [1.165, 1.54) is 38.4 Å². The van der Waals surface area contributed by atoms with Gasteiger partial charge in [-0.1, -0.05) is 119 Å². The summed E-state index contributed by atoms with van der Waals surface area (Å²) in [7, 11) is -5.38. The number of carbonyl (C=O) groups excluding carboxylic acids is 8. The number of aromatic nitrogens is 2. The van der Waals surface area contributed by atoms with E-state index in [0.29, 0.717) is 39.8 Å². The zero-order valence-corrected chi connectivity index (χ0v) is 86.1. The molecule has 4 saturated heterocycles. The predicted octanol–water partition coefficient (Wildman–Crippen LogP) is 14.5. The number of pyridine rings is 2. The molecule has 0 radical (unpaired) electrons. The molecule has 6 N–H and O–H groups in total. The molecule has 4 aromatic rings. The standard InChI is InChI=1S/C57H86N2O14Si2.C45H58N2O14/c1-19-75(20-2,21-3)72-39-31-40-56(33-65-40,68-35(5)60)45-47(67-48(61)37-25-23-22-24-26-37)57(64)32-38(34(4)41(53(57,12)13)43-46(55(39,45)16)70-54(14,15)69-43)66-49(62)44(73-74(17,18)52(9,10)11)42(36-27-29-58-30-28-36)59-50(63)71-51(6,7)8;1-23-27(56-38(52)32(50)31(25-16-18-46-19-17-25)47-39(53)61-40(3,4)5)21-45(54)36(57-37(51)26-14-12-11-13-15-26)34-43(10,28(49)20-29-44(34,22-55-29)58-24(2)48)35-33(30(23)41(45,6)7)59-42(8,9)60-35/h22-30,38-40,42-47,64H,19-21,31-33H2,1-18H3,(H,59,63);11-19,27-29,31-36,49-50,54H,20-22H2,1-10H3,(H,47,53)/t38-,39-,40+,42?,43+,44?,45-,46+,47-,55+,56-,57+;27-,28-,29+,31?,32?,33+,34-,35+,36-,43+,44-,45+/m00/s1. The van der Waals surface area contributed by atoms with Gasteiger partial charge >= 0.3 is 48.0 Å². The second-order valence-corrected chi connectivity index (χ2v) is 54.1. The summed E-state index contributed by atoms with van der Waals surface area (Å²) in [5, 5.41) is 57.6. The predicted molar refractivity (Wildman–Crippen MR) is 501 cm³/mol. The Morgan fingerprint density at radius 1 is 0.522 bits per heavy atom. The lowest BCUT2D eigenvalue weighted by Gasteiger charge is -2.69. The van der Waals surface area contributed by atoms with Gasteiger partial charge in [-0.05, 0) is 201 Å². The van der Waals surface area contributed by atoms with E-state index in [0.717, 1.165) is 18.1 Å². The third-order valence-electron chi connectivity index (χ3n) is 31.4. The normalized spacial score (nSPS) is 33.6. The average molecular weight is 1930 g/mol. The van der Waals surface area contributed by atoms with Gasteiger partial charge in [0.1, 0.15) is 71.2 Å². The summed E-state index contributed by atoms with van der Waals surface area (Å²) in [6.45, 7) is 51.2. The van der Waals surface area contributed by atoms with Crippen LogP contribution in [0.5, 0.6) is 0 Å². The Kier molecular flexibility index (Phi) is 28.9. The largest absolute Gasteiger partial charge is 0.456 e. The van der Waals surface area contributed by atoms with Crippen LogP contribution in [0.15, 0.2) is 132 Å². The van der Waals surface area contributed by atoms with Crippen LogP contribution >= 0.6 is 0 Å². The third kappa shape index (κ3) is 19.1. The van der Waals surface area contributed by atoms with E-state index in [-0.39, 0.29) is 37.2 Å². The second-order valence-electron chi connectivity index (χ2n) is 44.7. The lowest BCUT2D eigenvalue weighted by atomic mass is 9.44. The van der Waals surface area contributed by atoms with Crippen LogP contribution < -0.4 is 10.6 Å². The van der Waals surface area contributed by atoms with Crippen LogP contribution in [0.25, 0.3) is 0 Å². The number of hydrogen-bond donors (Lipinski definition) is 6. The van der Waals surface area contributed by atoms with Gasteiger partial charge in [0.15, 0.2) is 51.6 Å². The van der Waals surface area contributed by atoms with Crippen molar-refractivity contribution >= 4 is 64.6 Å². The van der Waals surface area contributed by atoms with Crippen molar-refractivity contribution in [1.82, 2.24) is 20.6 Å². The molecule has 4 unspecified atom stereocenters. The maximum atomic E-state index is 15.7. The lowest BCUT2D eigenvalue weighted by molar-refractivity contribution is -0.362. The molecular weight excluding hydrogens is 1790 g/mol. The highest BCUT2D eigenvalue weighted by atomic mass is 28.4. The lowest BCUT2D eigenvalue weighted by Crippen LogP contribution is -2.82. The van der Waals surface area contributed by atoms with Crippen molar-refractivity contribution in [2.75, 3.05) is 13.2 Å². The first-order valence-electron chi connectivity index (χ1n) is 47.7. The molecule has 4 saturated carbocycles. The van der Waals surface area contributed by atoms with Crippen molar-refractivity contribution in [1.29, 1.82) is 0 Å². The van der Waals surface area contributed by atoms with Crippen LogP contribution in [-0.2, 0) is 94.3 Å². The average Bonchev–Trinajstić information content (AvgIpc) is 1.19. The number of fused-ring (bicyclic) bond motifs is 16. The van der Waals surface area contributed by atoms with E-state index >= 15 is 9.59 Å². The topological polar surface area (TPSA) is 415 Å². The zero-order chi connectivity index (χ0) is 100. The number of amides is 2. The summed E-state index contributed by atoms with van der Waals surface area (Å²) in [5.74, 6) is -9.48. The molecule has 4 bridgehead atoms. The first kappa shape index (κ1) is 105. The minimum Gasteiger partial charge on any atom is -0.456 e. The van der Waals surface area contributed by atoms with E-state index in [2.05, 4.69) is 48.3 Å². The number of benzene rings is 2. The molecule has 8 fully saturated rings. The molecule has 10 aliphatic rings. The first-order valence-corrected chi connectivity index (χ1v) is 53.1. The van der Waals surface area contributed by atoms with Gasteiger partial charge in [-0.2, -0.15) is 0 Å². The Bertz CT molecular complexity index is 5160. The van der Waals surface area contributed by atoms with Crippen molar-refractivity contribution in [3.63, 3.8) is 0 Å². The van der Waals surface area contributed by atoms with E-state index < -0.39 is 252 Å². The molecule has 6 aliphatic carbocycles. The Morgan fingerprint density at radius 3 is 1.29 bits per heavy atom. The first-order chi connectivity index (χ1) is 63.0. The van der Waals surface area contributed by atoms with Crippen LogP contribution in [0, 0.1) is 33.5 Å².